The highest BCUT2D eigenvalue weighted by Gasteiger charge is 2.13. The van der Waals surface area contributed by atoms with Crippen LogP contribution in [0.1, 0.15) is 22.0 Å². The van der Waals surface area contributed by atoms with E-state index in [9.17, 15) is 0 Å². The maximum absolute atomic E-state index is 6.26. The number of rotatable bonds is 4. The van der Waals surface area contributed by atoms with E-state index in [0.717, 1.165) is 16.9 Å². The molecule has 0 saturated heterocycles. The molecule has 0 radical (unpaired) electrons. The minimum absolute atomic E-state index is 0.130. The molecule has 0 fully saturated rings. The standard InChI is InChI=1S/C14H17NO2S/c1-9-6-11(8-18-9)14(15)10-4-5-12(16-2)13(7-10)17-3/h4-8,14H,15H2,1-3H3. The SMILES string of the molecule is COc1ccc(C(N)c2csc(C)c2)cc1OC. The minimum Gasteiger partial charge on any atom is -0.493 e. The Morgan fingerprint density at radius 1 is 1.06 bits per heavy atom. The zero-order valence-electron chi connectivity index (χ0n) is 10.8. The molecule has 2 N–H and O–H groups in total. The lowest BCUT2D eigenvalue weighted by molar-refractivity contribution is 0.354. The van der Waals surface area contributed by atoms with Crippen LogP contribution in [0.5, 0.6) is 11.5 Å². The maximum Gasteiger partial charge on any atom is 0.161 e. The number of aryl methyl sites for hydroxylation is 1. The van der Waals surface area contributed by atoms with Crippen LogP contribution in [0.25, 0.3) is 0 Å². The highest BCUT2D eigenvalue weighted by Crippen LogP contribution is 2.32. The van der Waals surface area contributed by atoms with Crippen molar-refractivity contribution in [1.82, 2.24) is 0 Å². The molecule has 1 aromatic carbocycles. The predicted octanol–water partition coefficient (Wildman–Crippen LogP) is 3.12. The molecule has 0 spiro atoms. The van der Waals surface area contributed by atoms with Crippen LogP contribution in [0.15, 0.2) is 29.6 Å². The first kappa shape index (κ1) is 12.9. The lowest BCUT2D eigenvalue weighted by Gasteiger charge is -2.14. The number of benzene rings is 1. The average Bonchev–Trinajstić information content (AvgIpc) is 2.83. The zero-order valence-corrected chi connectivity index (χ0v) is 11.6. The number of ether oxygens (including phenoxy) is 2. The van der Waals surface area contributed by atoms with Crippen LogP contribution in [-0.4, -0.2) is 14.2 Å². The van der Waals surface area contributed by atoms with Crippen molar-refractivity contribution in [2.75, 3.05) is 14.2 Å². The number of nitrogens with two attached hydrogens (primary N) is 1. The Hall–Kier alpha value is -1.52. The molecule has 0 amide bonds. The summed E-state index contributed by atoms with van der Waals surface area (Å²) in [6.45, 7) is 2.08. The van der Waals surface area contributed by atoms with E-state index in [4.69, 9.17) is 15.2 Å². The second kappa shape index (κ2) is 5.42. The number of hydrogen-bond donors (Lipinski definition) is 1. The summed E-state index contributed by atoms with van der Waals surface area (Å²) in [6.07, 6.45) is 0. The first-order valence-corrected chi connectivity index (χ1v) is 6.56. The third-order valence-corrected chi connectivity index (χ3v) is 3.76. The van der Waals surface area contributed by atoms with Crippen LogP contribution in [0.2, 0.25) is 0 Å². The summed E-state index contributed by atoms with van der Waals surface area (Å²) in [4.78, 5) is 1.26. The third kappa shape index (κ3) is 2.49. The van der Waals surface area contributed by atoms with Gasteiger partial charge in [-0.25, -0.2) is 0 Å². The van der Waals surface area contributed by atoms with Gasteiger partial charge in [-0.2, -0.15) is 0 Å². The van der Waals surface area contributed by atoms with E-state index < -0.39 is 0 Å². The largest absolute Gasteiger partial charge is 0.493 e. The molecular weight excluding hydrogens is 246 g/mol. The Morgan fingerprint density at radius 2 is 1.78 bits per heavy atom. The highest BCUT2D eigenvalue weighted by atomic mass is 32.1. The average molecular weight is 263 g/mol. The van der Waals surface area contributed by atoms with Gasteiger partial charge >= 0.3 is 0 Å². The molecule has 0 aliphatic rings. The van der Waals surface area contributed by atoms with E-state index >= 15 is 0 Å². The molecule has 4 heteroatoms. The van der Waals surface area contributed by atoms with E-state index in [-0.39, 0.29) is 6.04 Å². The van der Waals surface area contributed by atoms with Crippen LogP contribution in [0, 0.1) is 6.92 Å². The van der Waals surface area contributed by atoms with Crippen LogP contribution in [-0.2, 0) is 0 Å². The van der Waals surface area contributed by atoms with Crippen LogP contribution in [0.3, 0.4) is 0 Å². The molecule has 3 nitrogen and oxygen atoms in total. The fourth-order valence-corrected chi connectivity index (χ4v) is 2.61. The van der Waals surface area contributed by atoms with Gasteiger partial charge in [0.2, 0.25) is 0 Å². The fourth-order valence-electron chi connectivity index (χ4n) is 1.87. The Kier molecular flexibility index (Phi) is 3.89. The third-order valence-electron chi connectivity index (χ3n) is 2.88. The van der Waals surface area contributed by atoms with E-state index in [0.29, 0.717) is 5.75 Å². The molecule has 1 atom stereocenters. The summed E-state index contributed by atoms with van der Waals surface area (Å²) < 4.78 is 10.5. The van der Waals surface area contributed by atoms with Crippen LogP contribution >= 0.6 is 11.3 Å². The minimum atomic E-state index is -0.130. The first-order chi connectivity index (χ1) is 8.65. The van der Waals surface area contributed by atoms with Crippen molar-refractivity contribution >= 4 is 11.3 Å². The molecular formula is C14H17NO2S. The van der Waals surface area contributed by atoms with Gasteiger partial charge in [0.15, 0.2) is 11.5 Å². The molecule has 0 aliphatic carbocycles. The second-order valence-electron chi connectivity index (χ2n) is 4.08. The van der Waals surface area contributed by atoms with Crippen molar-refractivity contribution in [3.63, 3.8) is 0 Å². The van der Waals surface area contributed by atoms with Gasteiger partial charge in [0.25, 0.3) is 0 Å². The summed E-state index contributed by atoms with van der Waals surface area (Å²) in [5.74, 6) is 1.42. The van der Waals surface area contributed by atoms with Crippen LogP contribution in [0.4, 0.5) is 0 Å². The molecule has 2 rings (SSSR count). The first-order valence-electron chi connectivity index (χ1n) is 5.68. The van der Waals surface area contributed by atoms with Gasteiger partial charge in [-0.1, -0.05) is 6.07 Å². The summed E-state index contributed by atoms with van der Waals surface area (Å²) in [7, 11) is 3.25. The van der Waals surface area contributed by atoms with E-state index in [2.05, 4.69) is 18.4 Å². The van der Waals surface area contributed by atoms with Gasteiger partial charge < -0.3 is 15.2 Å². The Morgan fingerprint density at radius 3 is 2.33 bits per heavy atom. The molecule has 0 aliphatic heterocycles. The number of methoxy groups -OCH3 is 2. The number of hydrogen-bond acceptors (Lipinski definition) is 4. The maximum atomic E-state index is 6.26. The quantitative estimate of drug-likeness (QED) is 0.921. The van der Waals surface area contributed by atoms with Crippen molar-refractivity contribution in [3.05, 3.63) is 45.6 Å². The molecule has 0 bridgehead atoms. The van der Waals surface area contributed by atoms with Gasteiger partial charge in [0, 0.05) is 4.88 Å². The van der Waals surface area contributed by atoms with Gasteiger partial charge in [-0.15, -0.1) is 11.3 Å². The summed E-state index contributed by atoms with van der Waals surface area (Å²) >= 11 is 1.71. The molecule has 1 heterocycles. The molecule has 0 saturated carbocycles. The van der Waals surface area contributed by atoms with E-state index in [1.54, 1.807) is 25.6 Å². The van der Waals surface area contributed by atoms with Crippen molar-refractivity contribution < 1.29 is 9.47 Å². The van der Waals surface area contributed by atoms with Crippen molar-refractivity contribution in [3.8, 4) is 11.5 Å². The molecule has 1 unspecified atom stereocenters. The molecule has 2 aromatic rings. The highest BCUT2D eigenvalue weighted by molar-refractivity contribution is 7.10. The van der Waals surface area contributed by atoms with Crippen molar-refractivity contribution in [2.24, 2.45) is 5.73 Å². The predicted molar refractivity (Wildman–Crippen MR) is 74.6 cm³/mol. The van der Waals surface area contributed by atoms with Crippen molar-refractivity contribution in [2.45, 2.75) is 13.0 Å². The fraction of sp³-hybridized carbons (Fsp3) is 0.286. The zero-order chi connectivity index (χ0) is 13.1. The van der Waals surface area contributed by atoms with Gasteiger partial charge in [-0.05, 0) is 41.6 Å². The van der Waals surface area contributed by atoms with Gasteiger partial charge in [-0.3, -0.25) is 0 Å². The second-order valence-corrected chi connectivity index (χ2v) is 5.20. The normalized spacial score (nSPS) is 12.2. The van der Waals surface area contributed by atoms with E-state index in [1.165, 1.54) is 4.88 Å². The Bertz CT molecular complexity index is 536. The van der Waals surface area contributed by atoms with E-state index in [1.807, 2.05) is 18.2 Å². The number of thiophene rings is 1. The van der Waals surface area contributed by atoms with Gasteiger partial charge in [0.05, 0.1) is 20.3 Å². The smallest absolute Gasteiger partial charge is 0.161 e. The summed E-state index contributed by atoms with van der Waals surface area (Å²) in [5.41, 5.74) is 8.40. The lowest BCUT2D eigenvalue weighted by Crippen LogP contribution is -2.11. The Balaban J connectivity index is 2.33. The summed E-state index contributed by atoms with van der Waals surface area (Å²) in [5, 5.41) is 2.09. The van der Waals surface area contributed by atoms with Crippen LogP contribution < -0.4 is 15.2 Å². The monoisotopic (exact) mass is 263 g/mol. The summed E-state index contributed by atoms with van der Waals surface area (Å²) in [6, 6.07) is 7.77. The molecule has 96 valence electrons. The molecule has 1 aromatic heterocycles. The molecule has 18 heavy (non-hydrogen) atoms. The van der Waals surface area contributed by atoms with Gasteiger partial charge in [0.1, 0.15) is 0 Å². The Labute approximate surface area is 111 Å². The topological polar surface area (TPSA) is 44.5 Å². The lowest BCUT2D eigenvalue weighted by atomic mass is 10.0. The van der Waals surface area contributed by atoms with Crippen molar-refractivity contribution in [1.29, 1.82) is 0 Å².